The number of thioether (sulfide) groups is 1. The van der Waals surface area contributed by atoms with E-state index >= 15 is 0 Å². The maximum absolute atomic E-state index is 13.3. The SMILES string of the molecule is CCCCOc1ccc(-c2nn(-c3ccccc3)cc2/C=C2\SC(=S)N(C[C@@H]3CCCO3)C2=O)cc1C. The van der Waals surface area contributed by atoms with Crippen molar-refractivity contribution in [2.45, 2.75) is 45.6 Å². The van der Waals surface area contributed by atoms with E-state index in [1.165, 1.54) is 11.8 Å². The predicted molar refractivity (Wildman–Crippen MR) is 153 cm³/mol. The van der Waals surface area contributed by atoms with Gasteiger partial charge in [-0.05, 0) is 68.2 Å². The maximum atomic E-state index is 13.3. The molecular formula is C29H31N3O3S2. The zero-order chi connectivity index (χ0) is 25.8. The van der Waals surface area contributed by atoms with Crippen LogP contribution in [0, 0.1) is 6.92 Å². The zero-order valence-corrected chi connectivity index (χ0v) is 22.8. The van der Waals surface area contributed by atoms with Crippen LogP contribution in [0.4, 0.5) is 0 Å². The first-order chi connectivity index (χ1) is 18.0. The van der Waals surface area contributed by atoms with Gasteiger partial charge >= 0.3 is 0 Å². The van der Waals surface area contributed by atoms with Crippen LogP contribution in [0.3, 0.4) is 0 Å². The standard InChI is InChI=1S/C29H31N3O3S2/c1-3-4-14-35-25-13-12-21(16-20(25)2)27-22(18-32(30-27)23-9-6-5-7-10-23)17-26-28(33)31(29(36)37-26)19-24-11-8-15-34-24/h5-7,9-10,12-13,16-18,24H,3-4,8,11,14-15,19H2,1-2H3/b26-17-/t24-/m0/s1. The molecule has 1 atom stereocenters. The second-order valence-electron chi connectivity index (χ2n) is 9.32. The number of hydrogen-bond acceptors (Lipinski definition) is 6. The van der Waals surface area contributed by atoms with Crippen molar-refractivity contribution in [3.8, 4) is 22.7 Å². The number of carbonyl (C=O) groups is 1. The van der Waals surface area contributed by atoms with E-state index < -0.39 is 0 Å². The average Bonchev–Trinajstić information content (AvgIpc) is 3.63. The molecule has 2 aromatic carbocycles. The second kappa shape index (κ2) is 11.6. The molecule has 37 heavy (non-hydrogen) atoms. The smallest absolute Gasteiger partial charge is 0.266 e. The van der Waals surface area contributed by atoms with Crippen molar-refractivity contribution < 1.29 is 14.3 Å². The second-order valence-corrected chi connectivity index (χ2v) is 11.0. The molecule has 3 heterocycles. The summed E-state index contributed by atoms with van der Waals surface area (Å²) in [5.74, 6) is 0.816. The molecule has 0 radical (unpaired) electrons. The number of thiocarbonyl (C=S) groups is 1. The van der Waals surface area contributed by atoms with Crippen molar-refractivity contribution in [3.63, 3.8) is 0 Å². The van der Waals surface area contributed by atoms with E-state index in [-0.39, 0.29) is 12.0 Å². The number of amides is 1. The van der Waals surface area contributed by atoms with Crippen LogP contribution in [0.2, 0.25) is 0 Å². The van der Waals surface area contributed by atoms with Crippen LogP contribution in [0.1, 0.15) is 43.7 Å². The molecule has 3 aromatic rings. The molecule has 2 saturated heterocycles. The number of ether oxygens (including phenoxy) is 2. The van der Waals surface area contributed by atoms with Gasteiger partial charge in [-0.1, -0.05) is 55.5 Å². The number of unbranched alkanes of at least 4 members (excludes halogenated alkanes) is 1. The first kappa shape index (κ1) is 25.7. The van der Waals surface area contributed by atoms with Gasteiger partial charge in [0.05, 0.1) is 29.8 Å². The van der Waals surface area contributed by atoms with E-state index in [4.69, 9.17) is 26.8 Å². The third-order valence-electron chi connectivity index (χ3n) is 6.54. The lowest BCUT2D eigenvalue weighted by Crippen LogP contribution is -2.35. The molecule has 0 N–H and O–H groups in total. The van der Waals surface area contributed by atoms with E-state index in [2.05, 4.69) is 19.9 Å². The Balaban J connectivity index is 1.48. The summed E-state index contributed by atoms with van der Waals surface area (Å²) in [6.45, 7) is 6.17. The Labute approximate surface area is 227 Å². The summed E-state index contributed by atoms with van der Waals surface area (Å²) in [4.78, 5) is 15.6. The Morgan fingerprint density at radius 3 is 2.81 bits per heavy atom. The van der Waals surface area contributed by atoms with Crippen molar-refractivity contribution in [2.75, 3.05) is 19.8 Å². The molecule has 2 aliphatic rings. The molecule has 0 aliphatic carbocycles. The molecule has 0 bridgehead atoms. The lowest BCUT2D eigenvalue weighted by atomic mass is 10.0. The minimum absolute atomic E-state index is 0.0549. The molecule has 0 unspecified atom stereocenters. The molecule has 5 rings (SSSR count). The van der Waals surface area contributed by atoms with E-state index in [1.807, 2.05) is 59.4 Å². The van der Waals surface area contributed by atoms with Gasteiger partial charge < -0.3 is 9.47 Å². The summed E-state index contributed by atoms with van der Waals surface area (Å²) >= 11 is 6.91. The number of nitrogens with zero attached hydrogens (tertiary/aromatic N) is 3. The Morgan fingerprint density at radius 1 is 1.24 bits per heavy atom. The number of benzene rings is 2. The van der Waals surface area contributed by atoms with E-state index in [9.17, 15) is 4.79 Å². The Morgan fingerprint density at radius 2 is 2.08 bits per heavy atom. The summed E-state index contributed by atoms with van der Waals surface area (Å²) in [5.41, 5.74) is 4.63. The Hall–Kier alpha value is -2.94. The summed E-state index contributed by atoms with van der Waals surface area (Å²) in [6.07, 6.45) is 8.05. The van der Waals surface area contributed by atoms with Gasteiger partial charge in [-0.25, -0.2) is 4.68 Å². The van der Waals surface area contributed by atoms with Crippen LogP contribution in [0.5, 0.6) is 5.75 Å². The van der Waals surface area contributed by atoms with E-state index in [1.54, 1.807) is 4.90 Å². The van der Waals surface area contributed by atoms with Gasteiger partial charge in [0.25, 0.3) is 5.91 Å². The van der Waals surface area contributed by atoms with E-state index in [0.717, 1.165) is 66.1 Å². The highest BCUT2D eigenvalue weighted by Gasteiger charge is 2.35. The monoisotopic (exact) mass is 533 g/mol. The third-order valence-corrected chi connectivity index (χ3v) is 7.92. The summed E-state index contributed by atoms with van der Waals surface area (Å²) in [6, 6.07) is 16.1. The molecule has 1 amide bonds. The molecule has 2 fully saturated rings. The lowest BCUT2D eigenvalue weighted by molar-refractivity contribution is -0.123. The van der Waals surface area contributed by atoms with Crippen LogP contribution in [0.25, 0.3) is 23.0 Å². The number of para-hydroxylation sites is 1. The van der Waals surface area contributed by atoms with Crippen LogP contribution in [-0.4, -0.2) is 50.8 Å². The highest BCUT2D eigenvalue weighted by Crippen LogP contribution is 2.36. The van der Waals surface area contributed by atoms with Crippen LogP contribution < -0.4 is 4.74 Å². The molecule has 0 saturated carbocycles. The van der Waals surface area contributed by atoms with Crippen LogP contribution in [0.15, 0.2) is 59.6 Å². The quantitative estimate of drug-likeness (QED) is 0.180. The van der Waals surface area contributed by atoms with Gasteiger partial charge in [0.15, 0.2) is 0 Å². The third kappa shape index (κ3) is 5.81. The minimum atomic E-state index is -0.0697. The van der Waals surface area contributed by atoms with Gasteiger partial charge in [0, 0.05) is 23.9 Å². The zero-order valence-electron chi connectivity index (χ0n) is 21.2. The van der Waals surface area contributed by atoms with Crippen molar-refractivity contribution in [2.24, 2.45) is 0 Å². The summed E-state index contributed by atoms with van der Waals surface area (Å²) in [5, 5.41) is 4.93. The number of aromatic nitrogens is 2. The van der Waals surface area contributed by atoms with Gasteiger partial charge in [-0.2, -0.15) is 5.10 Å². The normalized spacial score (nSPS) is 18.8. The maximum Gasteiger partial charge on any atom is 0.266 e. The summed E-state index contributed by atoms with van der Waals surface area (Å²) in [7, 11) is 0. The highest BCUT2D eigenvalue weighted by atomic mass is 32.2. The number of carbonyl (C=O) groups excluding carboxylic acids is 1. The highest BCUT2D eigenvalue weighted by molar-refractivity contribution is 8.26. The van der Waals surface area contributed by atoms with Crippen molar-refractivity contribution in [1.82, 2.24) is 14.7 Å². The molecule has 192 valence electrons. The lowest BCUT2D eigenvalue weighted by Gasteiger charge is -2.18. The molecular weight excluding hydrogens is 502 g/mol. The van der Waals surface area contributed by atoms with Gasteiger partial charge in [-0.3, -0.25) is 9.69 Å². The largest absolute Gasteiger partial charge is 0.493 e. The van der Waals surface area contributed by atoms with Crippen molar-refractivity contribution in [1.29, 1.82) is 0 Å². The molecule has 8 heteroatoms. The molecule has 0 spiro atoms. The topological polar surface area (TPSA) is 56.6 Å². The van der Waals surface area contributed by atoms with Gasteiger partial charge in [0.1, 0.15) is 15.8 Å². The predicted octanol–water partition coefficient (Wildman–Crippen LogP) is 6.41. The Kier molecular flexibility index (Phi) is 8.08. The van der Waals surface area contributed by atoms with Gasteiger partial charge in [0.2, 0.25) is 0 Å². The van der Waals surface area contributed by atoms with Gasteiger partial charge in [-0.15, -0.1) is 0 Å². The fraction of sp³-hybridized carbons (Fsp3) is 0.345. The first-order valence-corrected chi connectivity index (χ1v) is 14.0. The van der Waals surface area contributed by atoms with E-state index in [0.29, 0.717) is 22.4 Å². The van der Waals surface area contributed by atoms with Crippen LogP contribution >= 0.6 is 24.0 Å². The molecule has 2 aliphatic heterocycles. The van der Waals surface area contributed by atoms with Crippen LogP contribution in [-0.2, 0) is 9.53 Å². The fourth-order valence-corrected chi connectivity index (χ4v) is 5.77. The minimum Gasteiger partial charge on any atom is -0.493 e. The number of aryl methyl sites for hydroxylation is 1. The number of rotatable bonds is 9. The first-order valence-electron chi connectivity index (χ1n) is 12.8. The molecule has 1 aromatic heterocycles. The average molecular weight is 534 g/mol. The fourth-order valence-electron chi connectivity index (χ4n) is 4.51. The van der Waals surface area contributed by atoms with Crippen molar-refractivity contribution >= 4 is 40.3 Å². The Bertz CT molecular complexity index is 1310. The molecule has 6 nitrogen and oxygen atoms in total. The van der Waals surface area contributed by atoms with Crippen molar-refractivity contribution in [3.05, 3.63) is 70.8 Å². The number of hydrogen-bond donors (Lipinski definition) is 0. The summed E-state index contributed by atoms with van der Waals surface area (Å²) < 4.78 is 14.1.